The van der Waals surface area contributed by atoms with Gasteiger partial charge in [0.15, 0.2) is 0 Å². The summed E-state index contributed by atoms with van der Waals surface area (Å²) in [6.07, 6.45) is 2.92. The Hall–Kier alpha value is -6.36. The first-order valence-electron chi connectivity index (χ1n) is 26.0. The van der Waals surface area contributed by atoms with Gasteiger partial charge >= 0.3 is 11.9 Å². The first-order chi connectivity index (χ1) is 36.5. The SMILES string of the molecule is Cc1cc2c(O)c(c1)CN(CC(=O)O)CCCN(CC(=O)O)Cc1cc(C)cc(c1O)CN(COC=O)CCCN(COC=O)C2.Cc1cc2c(O)c(c1)CNCCCNCc1cc(C)cc(c1O)CNCCCNC2. The fraction of sp³-hybridized carbons (Fsp3) is 0.500. The summed E-state index contributed by atoms with van der Waals surface area (Å²) in [5, 5.41) is 76.7. The van der Waals surface area contributed by atoms with E-state index in [0.717, 1.165) is 72.4 Å². The van der Waals surface area contributed by atoms with Crippen LogP contribution in [0.4, 0.5) is 0 Å². The molecule has 0 unspecified atom stereocenters. The molecule has 0 aliphatic carbocycles. The Balaban J connectivity index is 0.000000306. The lowest BCUT2D eigenvalue weighted by molar-refractivity contribution is -0.139. The molecule has 0 saturated carbocycles. The molecule has 2 heterocycles. The van der Waals surface area contributed by atoms with Gasteiger partial charge in [0.25, 0.3) is 12.9 Å². The predicted octanol–water partition coefficient (Wildman–Crippen LogP) is 4.41. The van der Waals surface area contributed by atoms with Gasteiger partial charge in [-0.1, -0.05) is 70.8 Å². The summed E-state index contributed by atoms with van der Waals surface area (Å²) >= 11 is 0. The van der Waals surface area contributed by atoms with Crippen LogP contribution in [0.15, 0.2) is 48.5 Å². The highest BCUT2D eigenvalue weighted by Crippen LogP contribution is 2.31. The maximum absolute atomic E-state index is 11.7. The molecule has 0 aromatic heterocycles. The molecule has 0 amide bonds. The van der Waals surface area contributed by atoms with Crippen LogP contribution in [0.1, 0.15) is 92.4 Å². The van der Waals surface area contributed by atoms with E-state index in [0.29, 0.717) is 112 Å². The lowest BCUT2D eigenvalue weighted by Gasteiger charge is -2.28. The minimum Gasteiger partial charge on any atom is -0.507 e. The number of benzene rings is 4. The molecule has 0 spiro atoms. The monoisotopic (exact) mass is 1060 g/mol. The molecule has 6 rings (SSSR count). The Morgan fingerprint density at radius 2 is 0.684 bits per heavy atom. The van der Waals surface area contributed by atoms with E-state index < -0.39 is 11.9 Å². The molecule has 10 N–H and O–H groups in total. The molecule has 0 fully saturated rings. The van der Waals surface area contributed by atoms with Crippen LogP contribution >= 0.6 is 0 Å². The molecule has 76 heavy (non-hydrogen) atoms. The molecule has 2 aliphatic heterocycles. The number of carbonyl (C=O) groups excluding carboxylic acids is 2. The van der Waals surface area contributed by atoms with Crippen LogP contribution in [-0.2, 0) is 81.0 Å². The van der Waals surface area contributed by atoms with E-state index in [2.05, 4.69) is 59.4 Å². The molecule has 4 aromatic rings. The fourth-order valence-electron chi connectivity index (χ4n) is 9.79. The molecule has 0 atom stereocenters. The number of fused-ring (bicyclic) bond motifs is 8. The van der Waals surface area contributed by atoms with Crippen molar-refractivity contribution in [2.24, 2.45) is 0 Å². The molecule has 416 valence electrons. The third-order valence-electron chi connectivity index (χ3n) is 13.2. The van der Waals surface area contributed by atoms with Crippen molar-refractivity contribution in [3.8, 4) is 23.0 Å². The van der Waals surface area contributed by atoms with Gasteiger partial charge < -0.3 is 61.4 Å². The minimum absolute atomic E-state index is 0.0179. The third kappa shape index (κ3) is 20.3. The van der Waals surface area contributed by atoms with Gasteiger partial charge in [0, 0.05) is 123 Å². The average molecular weight is 1060 g/mol. The molecule has 0 saturated heterocycles. The standard InChI is InChI=1S/C32H44N4O10.C24H36N4O2/c1-23-9-25-13-33(17-29(39)40)5-3-6-34(18-30(41)42)14-26-10-24(2)12-28(32(26)44)16-36(20-46-22-38)8-4-7-35(19-45-21-37)15-27(11-23)31(25)43;1-17-9-19-13-25-5-3-7-27-15-21-11-18(2)12-22(24(21)30)16-28-8-4-6-26-14-20(10-17)23(19)29/h9-12,21-22,43-44H,3-8,13-20H2,1-2H3,(H,39,40)(H,41,42);9-12,25-30H,3-8,13-16H2,1-2H3. The van der Waals surface area contributed by atoms with Crippen LogP contribution in [0.5, 0.6) is 23.0 Å². The Morgan fingerprint density at radius 1 is 0.434 bits per heavy atom. The summed E-state index contributed by atoms with van der Waals surface area (Å²) in [7, 11) is 0. The number of nitrogens with one attached hydrogen (secondary N) is 4. The van der Waals surface area contributed by atoms with Crippen molar-refractivity contribution in [2.45, 2.75) is 106 Å². The number of aryl methyl sites for hydroxylation is 4. The van der Waals surface area contributed by atoms with Crippen LogP contribution in [0, 0.1) is 27.7 Å². The highest BCUT2D eigenvalue weighted by Gasteiger charge is 2.22. The third-order valence-corrected chi connectivity index (χ3v) is 13.2. The maximum Gasteiger partial charge on any atom is 0.317 e. The predicted molar refractivity (Wildman–Crippen MR) is 287 cm³/mol. The number of aliphatic carboxylic acids is 2. The number of nitrogens with zero attached hydrogens (tertiary/aromatic N) is 4. The van der Waals surface area contributed by atoms with E-state index in [1.165, 1.54) is 11.1 Å². The second-order valence-electron chi connectivity index (χ2n) is 19.9. The first kappa shape index (κ1) is 60.5. The van der Waals surface area contributed by atoms with Crippen LogP contribution in [0.2, 0.25) is 0 Å². The number of carboxylic acids is 2. The maximum atomic E-state index is 11.7. The molecular formula is C56H80N8O12. The second kappa shape index (κ2) is 31.6. The van der Waals surface area contributed by atoms with Crippen molar-refractivity contribution in [2.75, 3.05) is 78.9 Å². The van der Waals surface area contributed by atoms with Crippen molar-refractivity contribution in [1.82, 2.24) is 40.9 Å². The summed E-state index contributed by atoms with van der Waals surface area (Å²) in [6, 6.07) is 15.5. The van der Waals surface area contributed by atoms with Crippen molar-refractivity contribution < 1.29 is 59.3 Å². The van der Waals surface area contributed by atoms with E-state index in [1.807, 2.05) is 35.8 Å². The lowest BCUT2D eigenvalue weighted by Crippen LogP contribution is -2.35. The molecule has 20 heteroatoms. The van der Waals surface area contributed by atoms with Gasteiger partial charge in [0.2, 0.25) is 0 Å². The molecule has 0 radical (unpaired) electrons. The molecule has 4 aromatic carbocycles. The summed E-state index contributed by atoms with van der Waals surface area (Å²) in [5.41, 5.74) is 10.1. The number of phenols is 4. The van der Waals surface area contributed by atoms with Crippen LogP contribution in [-0.4, -0.2) is 154 Å². The van der Waals surface area contributed by atoms with Crippen molar-refractivity contribution in [3.05, 3.63) is 115 Å². The Bertz CT molecular complexity index is 2300. The van der Waals surface area contributed by atoms with Gasteiger partial charge in [-0.3, -0.25) is 38.8 Å². The first-order valence-corrected chi connectivity index (χ1v) is 26.0. The Labute approximate surface area is 446 Å². The van der Waals surface area contributed by atoms with E-state index in [-0.39, 0.29) is 64.2 Å². The van der Waals surface area contributed by atoms with Gasteiger partial charge in [-0.15, -0.1) is 0 Å². The molecule has 20 nitrogen and oxygen atoms in total. The number of carboxylic acid groups (broad SMARTS) is 2. The van der Waals surface area contributed by atoms with E-state index in [1.54, 1.807) is 21.9 Å². The van der Waals surface area contributed by atoms with E-state index >= 15 is 0 Å². The summed E-state index contributed by atoms with van der Waals surface area (Å²) < 4.78 is 10.1. The quantitative estimate of drug-likeness (QED) is 0.0986. The largest absolute Gasteiger partial charge is 0.507 e. The highest BCUT2D eigenvalue weighted by atomic mass is 16.5. The number of hydrogen-bond donors (Lipinski definition) is 10. The molecule has 8 bridgehead atoms. The summed E-state index contributed by atoms with van der Waals surface area (Å²) in [4.78, 5) is 52.6. The fourth-order valence-corrected chi connectivity index (χ4v) is 9.79. The minimum atomic E-state index is -1.04. The number of phenolic OH excluding ortho intramolecular Hbond substituents is 4. The van der Waals surface area contributed by atoms with Gasteiger partial charge in [0.1, 0.15) is 36.5 Å². The second-order valence-corrected chi connectivity index (χ2v) is 19.9. The topological polar surface area (TPSA) is 269 Å². The van der Waals surface area contributed by atoms with E-state index in [4.69, 9.17) is 9.47 Å². The van der Waals surface area contributed by atoms with Crippen LogP contribution in [0.25, 0.3) is 0 Å². The number of aromatic hydroxyl groups is 4. The number of hydrogen-bond acceptors (Lipinski definition) is 18. The summed E-state index contributed by atoms with van der Waals surface area (Å²) in [6.45, 7) is 16.3. The smallest absolute Gasteiger partial charge is 0.317 e. The van der Waals surface area contributed by atoms with Crippen molar-refractivity contribution in [1.29, 1.82) is 0 Å². The zero-order valence-corrected chi connectivity index (χ0v) is 44.7. The molecule has 2 aliphatic rings. The normalized spacial score (nSPS) is 17.0. The van der Waals surface area contributed by atoms with Crippen LogP contribution in [0.3, 0.4) is 0 Å². The number of ether oxygens (including phenoxy) is 2. The Kier molecular flexibility index (Phi) is 25.2. The number of rotatable bonds is 10. The van der Waals surface area contributed by atoms with Gasteiger partial charge in [-0.2, -0.15) is 0 Å². The lowest BCUT2D eigenvalue weighted by atomic mass is 10.0. The van der Waals surface area contributed by atoms with Gasteiger partial charge in [-0.25, -0.2) is 0 Å². The van der Waals surface area contributed by atoms with Crippen molar-refractivity contribution >= 4 is 24.9 Å². The zero-order chi connectivity index (χ0) is 55.0. The highest BCUT2D eigenvalue weighted by molar-refractivity contribution is 5.69. The average Bonchev–Trinajstić information content (AvgIpc) is 3.35. The Morgan fingerprint density at radius 3 is 0.961 bits per heavy atom. The van der Waals surface area contributed by atoms with Crippen molar-refractivity contribution in [3.63, 3.8) is 0 Å². The molecular weight excluding hydrogens is 977 g/mol. The summed E-state index contributed by atoms with van der Waals surface area (Å²) in [5.74, 6) is -1.24. The van der Waals surface area contributed by atoms with Gasteiger partial charge in [-0.05, 0) is 79.6 Å². The van der Waals surface area contributed by atoms with Crippen LogP contribution < -0.4 is 21.3 Å². The zero-order valence-electron chi connectivity index (χ0n) is 44.7. The number of carbonyl (C=O) groups is 4. The van der Waals surface area contributed by atoms with E-state index in [9.17, 15) is 49.8 Å². The van der Waals surface area contributed by atoms with Gasteiger partial charge in [0.05, 0.1) is 13.1 Å².